The molecular formula is C21H30O2. The summed E-state index contributed by atoms with van der Waals surface area (Å²) in [4.78, 5) is 24.0. The number of carbonyl (C=O) groups is 2. The van der Waals surface area contributed by atoms with Crippen LogP contribution in [0, 0.1) is 34.5 Å². The molecule has 0 aliphatic heterocycles. The Morgan fingerprint density at radius 2 is 1.96 bits per heavy atom. The van der Waals surface area contributed by atoms with Crippen LogP contribution in [-0.4, -0.2) is 11.6 Å². The number of hydrogen-bond donors (Lipinski definition) is 0. The van der Waals surface area contributed by atoms with E-state index in [9.17, 15) is 9.59 Å². The zero-order chi connectivity index (χ0) is 16.4. The molecule has 0 aromatic heterocycles. The van der Waals surface area contributed by atoms with Crippen molar-refractivity contribution in [1.82, 2.24) is 0 Å². The molecule has 0 radical (unpaired) electrons. The molecule has 0 unspecified atom stereocenters. The minimum Gasteiger partial charge on any atom is -0.300 e. The van der Waals surface area contributed by atoms with Gasteiger partial charge >= 0.3 is 0 Å². The van der Waals surface area contributed by atoms with Crippen LogP contribution in [0.3, 0.4) is 0 Å². The maximum absolute atomic E-state index is 12.1. The Bertz CT molecular complexity index is 589. The molecule has 23 heavy (non-hydrogen) atoms. The molecule has 0 spiro atoms. The van der Waals surface area contributed by atoms with Crippen molar-refractivity contribution in [1.29, 1.82) is 0 Å². The van der Waals surface area contributed by atoms with Crippen LogP contribution in [0.1, 0.15) is 72.1 Å². The van der Waals surface area contributed by atoms with E-state index in [2.05, 4.69) is 19.9 Å². The highest BCUT2D eigenvalue weighted by Crippen LogP contribution is 2.65. The van der Waals surface area contributed by atoms with E-state index in [0.717, 1.165) is 31.6 Å². The van der Waals surface area contributed by atoms with Gasteiger partial charge in [0.25, 0.3) is 0 Å². The number of allylic oxidation sites excluding steroid dienone is 2. The van der Waals surface area contributed by atoms with Crippen LogP contribution < -0.4 is 0 Å². The molecule has 0 saturated heterocycles. The van der Waals surface area contributed by atoms with E-state index in [1.54, 1.807) is 12.5 Å². The lowest BCUT2D eigenvalue weighted by molar-refractivity contribution is -0.133. The van der Waals surface area contributed by atoms with Crippen molar-refractivity contribution in [3.8, 4) is 0 Å². The minimum atomic E-state index is 0.126. The SMILES string of the molecule is CC(=O)[C@H]1CC=C2[C@@H]3CC[C@@H]4CC(=O)CC[C@]4(C)[C@H]3CC[C@@]21C. The molecule has 6 atom stereocenters. The van der Waals surface area contributed by atoms with Crippen LogP contribution >= 0.6 is 0 Å². The normalized spacial score (nSPS) is 49.0. The lowest BCUT2D eigenvalue weighted by atomic mass is 9.46. The van der Waals surface area contributed by atoms with Gasteiger partial charge in [0, 0.05) is 18.8 Å². The van der Waals surface area contributed by atoms with Gasteiger partial charge < -0.3 is 0 Å². The summed E-state index contributed by atoms with van der Waals surface area (Å²) in [5.41, 5.74) is 2.10. The zero-order valence-corrected chi connectivity index (χ0v) is 14.9. The van der Waals surface area contributed by atoms with Crippen LogP contribution in [0.5, 0.6) is 0 Å². The summed E-state index contributed by atoms with van der Waals surface area (Å²) in [6, 6.07) is 0. The molecule has 3 fully saturated rings. The molecule has 4 rings (SSSR count). The summed E-state index contributed by atoms with van der Waals surface area (Å²) in [5, 5.41) is 0. The third-order valence-electron chi connectivity index (χ3n) is 8.37. The first-order chi connectivity index (χ1) is 10.9. The van der Waals surface area contributed by atoms with Crippen molar-refractivity contribution in [3.05, 3.63) is 11.6 Å². The topological polar surface area (TPSA) is 34.1 Å². The van der Waals surface area contributed by atoms with Crippen LogP contribution in [0.25, 0.3) is 0 Å². The highest BCUT2D eigenvalue weighted by Gasteiger charge is 2.57. The largest absolute Gasteiger partial charge is 0.300 e. The second-order valence-electron chi connectivity index (χ2n) is 9.25. The molecule has 4 aliphatic carbocycles. The number of hydrogen-bond acceptors (Lipinski definition) is 2. The predicted octanol–water partition coefficient (Wildman–Crippen LogP) is 4.72. The molecule has 126 valence electrons. The monoisotopic (exact) mass is 314 g/mol. The molecule has 2 heteroatoms. The first kappa shape index (κ1) is 15.6. The lowest BCUT2D eigenvalue weighted by Gasteiger charge is -2.58. The smallest absolute Gasteiger partial charge is 0.134 e. The molecule has 0 N–H and O–H groups in total. The standard InChI is InChI=1S/C21H30O2/c1-13(22)17-6-7-18-16-5-4-14-12-15(23)8-10-20(14,2)19(16)9-11-21(17,18)3/h7,14,16-17,19H,4-6,8-12H2,1-3H3/t14-,16+,17-,19+,20+,21-/m1/s1. The van der Waals surface area contributed by atoms with E-state index < -0.39 is 0 Å². The summed E-state index contributed by atoms with van der Waals surface area (Å²) in [6.45, 7) is 6.61. The predicted molar refractivity (Wildman–Crippen MR) is 90.9 cm³/mol. The van der Waals surface area contributed by atoms with E-state index in [4.69, 9.17) is 0 Å². The molecule has 3 saturated carbocycles. The third kappa shape index (κ3) is 2.06. The van der Waals surface area contributed by atoms with Crippen molar-refractivity contribution in [2.75, 3.05) is 0 Å². The summed E-state index contributed by atoms with van der Waals surface area (Å²) >= 11 is 0. The van der Waals surface area contributed by atoms with Crippen molar-refractivity contribution in [2.24, 2.45) is 34.5 Å². The molecular weight excluding hydrogens is 284 g/mol. The molecule has 0 amide bonds. The Hall–Kier alpha value is -0.920. The van der Waals surface area contributed by atoms with Gasteiger partial charge in [-0.2, -0.15) is 0 Å². The Kier molecular flexibility index (Phi) is 3.42. The van der Waals surface area contributed by atoms with Gasteiger partial charge in [0.05, 0.1) is 0 Å². The Morgan fingerprint density at radius 1 is 1.17 bits per heavy atom. The first-order valence-corrected chi connectivity index (χ1v) is 9.59. The number of fused-ring (bicyclic) bond motifs is 5. The first-order valence-electron chi connectivity index (χ1n) is 9.59. The number of ketones is 2. The van der Waals surface area contributed by atoms with Crippen molar-refractivity contribution < 1.29 is 9.59 Å². The maximum Gasteiger partial charge on any atom is 0.134 e. The van der Waals surface area contributed by atoms with E-state index in [1.165, 1.54) is 25.7 Å². The summed E-state index contributed by atoms with van der Waals surface area (Å²) in [6.07, 6.45) is 11.0. The fraction of sp³-hybridized carbons (Fsp3) is 0.810. The third-order valence-corrected chi connectivity index (χ3v) is 8.37. The fourth-order valence-electron chi connectivity index (χ4n) is 6.99. The van der Waals surface area contributed by atoms with Gasteiger partial charge in [0.2, 0.25) is 0 Å². The van der Waals surface area contributed by atoms with Crippen molar-refractivity contribution in [3.63, 3.8) is 0 Å². The van der Waals surface area contributed by atoms with E-state index in [0.29, 0.717) is 28.8 Å². The van der Waals surface area contributed by atoms with Gasteiger partial charge in [-0.25, -0.2) is 0 Å². The second kappa shape index (κ2) is 5.04. The van der Waals surface area contributed by atoms with E-state index >= 15 is 0 Å². The van der Waals surface area contributed by atoms with Crippen LogP contribution in [0.2, 0.25) is 0 Å². The van der Waals surface area contributed by atoms with Crippen molar-refractivity contribution in [2.45, 2.75) is 72.1 Å². The molecule has 0 bridgehead atoms. The Balaban J connectivity index is 1.65. The second-order valence-corrected chi connectivity index (χ2v) is 9.25. The highest BCUT2D eigenvalue weighted by atomic mass is 16.1. The van der Waals surface area contributed by atoms with Gasteiger partial charge in [-0.05, 0) is 74.0 Å². The summed E-state index contributed by atoms with van der Waals surface area (Å²) < 4.78 is 0. The van der Waals surface area contributed by atoms with Gasteiger partial charge in [-0.15, -0.1) is 0 Å². The number of Topliss-reactive ketones (excluding diaryl/α,β-unsaturated/α-hetero) is 2. The number of carbonyl (C=O) groups excluding carboxylic acids is 2. The maximum atomic E-state index is 12.1. The van der Waals surface area contributed by atoms with Crippen LogP contribution in [0.4, 0.5) is 0 Å². The molecule has 0 heterocycles. The summed E-state index contributed by atoms with van der Waals surface area (Å²) in [7, 11) is 0. The molecule has 0 aromatic rings. The van der Waals surface area contributed by atoms with E-state index in [-0.39, 0.29) is 11.3 Å². The average Bonchev–Trinajstić information content (AvgIpc) is 2.85. The van der Waals surface area contributed by atoms with E-state index in [1.807, 2.05) is 0 Å². The summed E-state index contributed by atoms with van der Waals surface area (Å²) in [5.74, 6) is 3.10. The average molecular weight is 314 g/mol. The van der Waals surface area contributed by atoms with Gasteiger partial charge in [0.15, 0.2) is 0 Å². The zero-order valence-electron chi connectivity index (χ0n) is 14.9. The molecule has 0 aromatic carbocycles. The van der Waals surface area contributed by atoms with Gasteiger partial charge in [-0.1, -0.05) is 25.5 Å². The molecule has 4 aliphatic rings. The lowest BCUT2D eigenvalue weighted by Crippen LogP contribution is -2.51. The van der Waals surface area contributed by atoms with Crippen LogP contribution in [-0.2, 0) is 9.59 Å². The van der Waals surface area contributed by atoms with Crippen molar-refractivity contribution >= 4 is 11.6 Å². The van der Waals surface area contributed by atoms with Gasteiger partial charge in [0.1, 0.15) is 11.6 Å². The Labute approximate surface area is 140 Å². The minimum absolute atomic E-state index is 0.126. The van der Waals surface area contributed by atoms with Gasteiger partial charge in [-0.3, -0.25) is 9.59 Å². The Morgan fingerprint density at radius 3 is 2.70 bits per heavy atom. The quantitative estimate of drug-likeness (QED) is 0.656. The van der Waals surface area contributed by atoms with Crippen LogP contribution in [0.15, 0.2) is 11.6 Å². The number of rotatable bonds is 1. The fourth-order valence-corrected chi connectivity index (χ4v) is 6.99. The highest BCUT2D eigenvalue weighted by molar-refractivity contribution is 5.81. The molecule has 2 nitrogen and oxygen atoms in total.